The molecule has 1 N–H and O–H groups in total. The number of halogens is 1. The minimum atomic E-state index is -0.300. The third kappa shape index (κ3) is 11.9. The lowest BCUT2D eigenvalue weighted by molar-refractivity contribution is -0.110. The number of unbranched alkanes of at least 4 members (excludes halogenated alkanes) is 5. The summed E-state index contributed by atoms with van der Waals surface area (Å²) in [7, 11) is 0. The van der Waals surface area contributed by atoms with Gasteiger partial charge in [0.1, 0.15) is 0 Å². The van der Waals surface area contributed by atoms with Gasteiger partial charge < -0.3 is 5.32 Å². The second-order valence-corrected chi connectivity index (χ2v) is 3.72. The lowest BCUT2D eigenvalue weighted by Crippen LogP contribution is -2.20. The Morgan fingerprint density at radius 1 is 1.15 bits per heavy atom. The average molecular weight is 206 g/mol. The molecule has 0 bridgehead atoms. The van der Waals surface area contributed by atoms with Crippen molar-refractivity contribution < 1.29 is 4.79 Å². The minimum Gasteiger partial charge on any atom is -0.309 e. The number of rotatable bonds is 9. The van der Waals surface area contributed by atoms with Crippen LogP contribution in [0.25, 0.3) is 0 Å². The molecule has 0 saturated carbocycles. The summed E-state index contributed by atoms with van der Waals surface area (Å²) in [6.07, 6.45) is 7.68. The quantitative estimate of drug-likeness (QED) is 0.463. The van der Waals surface area contributed by atoms with Crippen LogP contribution in [0.3, 0.4) is 0 Å². The van der Waals surface area contributed by atoms with Gasteiger partial charge in [-0.2, -0.15) is 0 Å². The molecule has 0 aliphatic carbocycles. The summed E-state index contributed by atoms with van der Waals surface area (Å²) in [5.74, 6) is 0. The second kappa shape index (κ2) is 10.0. The highest BCUT2D eigenvalue weighted by molar-refractivity contribution is 6.64. The molecular formula is C10H20ClNO. The van der Waals surface area contributed by atoms with Gasteiger partial charge in [0.25, 0.3) is 0 Å². The zero-order valence-electron chi connectivity index (χ0n) is 8.44. The van der Waals surface area contributed by atoms with Crippen molar-refractivity contribution in [3.8, 4) is 0 Å². The lowest BCUT2D eigenvalue weighted by Gasteiger charge is -2.01. The molecule has 0 aromatic carbocycles. The summed E-state index contributed by atoms with van der Waals surface area (Å²) in [6, 6.07) is 0. The highest BCUT2D eigenvalue weighted by Crippen LogP contribution is 2.03. The van der Waals surface area contributed by atoms with E-state index >= 15 is 0 Å². The molecule has 3 heteroatoms. The molecule has 0 heterocycles. The molecule has 2 nitrogen and oxygen atoms in total. The monoisotopic (exact) mass is 205 g/mol. The molecule has 0 aromatic heterocycles. The molecule has 0 aliphatic heterocycles. The van der Waals surface area contributed by atoms with Gasteiger partial charge in [0.2, 0.25) is 5.24 Å². The molecule has 78 valence electrons. The number of carbonyl (C=O) groups excluding carboxylic acids is 1. The Balaban J connectivity index is 2.87. The van der Waals surface area contributed by atoms with Gasteiger partial charge in [-0.1, -0.05) is 39.0 Å². The predicted molar refractivity (Wildman–Crippen MR) is 57.1 cm³/mol. The molecule has 0 spiro atoms. The van der Waals surface area contributed by atoms with E-state index in [0.29, 0.717) is 6.54 Å². The van der Waals surface area contributed by atoms with Crippen LogP contribution in [0, 0.1) is 0 Å². The Morgan fingerprint density at radius 3 is 2.38 bits per heavy atom. The molecule has 0 saturated heterocycles. The van der Waals surface area contributed by atoms with Crippen molar-refractivity contribution in [1.82, 2.24) is 5.32 Å². The number of hydrogen-bond donors (Lipinski definition) is 1. The maximum absolute atomic E-state index is 10.3. The SMILES string of the molecule is CCCCCCCCNCC(=O)Cl. The van der Waals surface area contributed by atoms with Gasteiger partial charge in [-0.3, -0.25) is 4.79 Å². The molecule has 0 aliphatic rings. The van der Waals surface area contributed by atoms with Crippen LogP contribution in [0.15, 0.2) is 0 Å². The summed E-state index contributed by atoms with van der Waals surface area (Å²) >= 11 is 5.16. The number of hydrogen-bond acceptors (Lipinski definition) is 2. The largest absolute Gasteiger partial charge is 0.309 e. The van der Waals surface area contributed by atoms with Gasteiger partial charge in [0, 0.05) is 0 Å². The predicted octanol–water partition coefficient (Wildman–Crippen LogP) is 2.70. The van der Waals surface area contributed by atoms with E-state index in [4.69, 9.17) is 11.6 Å². The van der Waals surface area contributed by atoms with Crippen molar-refractivity contribution in [3.63, 3.8) is 0 Å². The third-order valence-electron chi connectivity index (χ3n) is 1.97. The fraction of sp³-hybridized carbons (Fsp3) is 0.900. The van der Waals surface area contributed by atoms with Crippen molar-refractivity contribution in [2.45, 2.75) is 45.4 Å². The zero-order valence-corrected chi connectivity index (χ0v) is 9.20. The van der Waals surface area contributed by atoms with E-state index in [9.17, 15) is 4.79 Å². The fourth-order valence-electron chi connectivity index (χ4n) is 1.22. The van der Waals surface area contributed by atoms with E-state index in [1.807, 2.05) is 0 Å². The zero-order chi connectivity index (χ0) is 9.94. The van der Waals surface area contributed by atoms with E-state index in [1.165, 1.54) is 32.1 Å². The third-order valence-corrected chi connectivity index (χ3v) is 2.10. The Labute approximate surface area is 86.0 Å². The van der Waals surface area contributed by atoms with Crippen LogP contribution in [-0.2, 0) is 4.79 Å². The molecule has 0 fully saturated rings. The molecule has 0 amide bonds. The summed E-state index contributed by atoms with van der Waals surface area (Å²) in [6.45, 7) is 3.43. The molecule has 0 radical (unpaired) electrons. The Morgan fingerprint density at radius 2 is 1.77 bits per heavy atom. The van der Waals surface area contributed by atoms with Crippen molar-refractivity contribution in [2.75, 3.05) is 13.1 Å². The van der Waals surface area contributed by atoms with Gasteiger partial charge in [0.05, 0.1) is 6.54 Å². The molecule has 13 heavy (non-hydrogen) atoms. The van der Waals surface area contributed by atoms with Crippen LogP contribution in [0.1, 0.15) is 45.4 Å². The first-order chi connectivity index (χ1) is 6.27. The van der Waals surface area contributed by atoms with Crippen LogP contribution in [0.4, 0.5) is 0 Å². The summed E-state index contributed by atoms with van der Waals surface area (Å²) in [5.41, 5.74) is 0. The second-order valence-electron chi connectivity index (χ2n) is 3.30. The summed E-state index contributed by atoms with van der Waals surface area (Å²) in [5, 5.41) is 2.69. The summed E-state index contributed by atoms with van der Waals surface area (Å²) < 4.78 is 0. The van der Waals surface area contributed by atoms with Crippen molar-refractivity contribution in [3.05, 3.63) is 0 Å². The van der Waals surface area contributed by atoms with E-state index in [0.717, 1.165) is 13.0 Å². The van der Waals surface area contributed by atoms with Crippen LogP contribution in [0.2, 0.25) is 0 Å². The first-order valence-electron chi connectivity index (χ1n) is 5.16. The highest BCUT2D eigenvalue weighted by atomic mass is 35.5. The normalized spacial score (nSPS) is 10.3. The maximum Gasteiger partial charge on any atom is 0.235 e. The lowest BCUT2D eigenvalue weighted by atomic mass is 10.1. The first-order valence-corrected chi connectivity index (χ1v) is 5.54. The number of nitrogens with one attached hydrogen (secondary N) is 1. The maximum atomic E-state index is 10.3. The van der Waals surface area contributed by atoms with Gasteiger partial charge in [-0.25, -0.2) is 0 Å². The molecule has 0 atom stereocenters. The topological polar surface area (TPSA) is 29.1 Å². The minimum absolute atomic E-state index is 0.300. The molecule has 0 aromatic rings. The van der Waals surface area contributed by atoms with Crippen molar-refractivity contribution in [1.29, 1.82) is 0 Å². The first kappa shape index (κ1) is 12.9. The average Bonchev–Trinajstić information content (AvgIpc) is 2.09. The van der Waals surface area contributed by atoms with Crippen molar-refractivity contribution in [2.24, 2.45) is 0 Å². The van der Waals surface area contributed by atoms with Gasteiger partial charge in [-0.15, -0.1) is 0 Å². The van der Waals surface area contributed by atoms with E-state index in [-0.39, 0.29) is 5.24 Å². The Kier molecular flexibility index (Phi) is 9.94. The van der Waals surface area contributed by atoms with Gasteiger partial charge >= 0.3 is 0 Å². The van der Waals surface area contributed by atoms with Crippen LogP contribution < -0.4 is 5.32 Å². The van der Waals surface area contributed by atoms with Crippen LogP contribution in [-0.4, -0.2) is 18.3 Å². The van der Waals surface area contributed by atoms with Gasteiger partial charge in [0.15, 0.2) is 0 Å². The Hall–Kier alpha value is -0.0800. The number of carbonyl (C=O) groups is 1. The van der Waals surface area contributed by atoms with E-state index in [2.05, 4.69) is 12.2 Å². The van der Waals surface area contributed by atoms with E-state index < -0.39 is 0 Å². The fourth-order valence-corrected chi connectivity index (χ4v) is 1.31. The highest BCUT2D eigenvalue weighted by Gasteiger charge is 1.93. The van der Waals surface area contributed by atoms with Crippen LogP contribution in [0.5, 0.6) is 0 Å². The van der Waals surface area contributed by atoms with E-state index in [1.54, 1.807) is 0 Å². The molecule has 0 rings (SSSR count). The molecular weight excluding hydrogens is 186 g/mol. The standard InChI is InChI=1S/C10H20ClNO/c1-2-3-4-5-6-7-8-12-9-10(11)13/h12H,2-9H2,1H3. The summed E-state index contributed by atoms with van der Waals surface area (Å²) in [4.78, 5) is 10.3. The smallest absolute Gasteiger partial charge is 0.235 e. The van der Waals surface area contributed by atoms with Gasteiger partial charge in [-0.05, 0) is 24.6 Å². The van der Waals surface area contributed by atoms with Crippen molar-refractivity contribution >= 4 is 16.8 Å². The Bertz CT molecular complexity index is 128. The molecule has 0 unspecified atom stereocenters. The van der Waals surface area contributed by atoms with Crippen LogP contribution >= 0.6 is 11.6 Å².